The van der Waals surface area contributed by atoms with E-state index < -0.39 is 39.2 Å². The summed E-state index contributed by atoms with van der Waals surface area (Å²) >= 11 is 0. The Labute approximate surface area is 261 Å². The number of nitrogens with two attached hydrogens (primary N) is 1. The van der Waals surface area contributed by atoms with Crippen molar-refractivity contribution in [1.29, 1.82) is 0 Å². The fourth-order valence-corrected chi connectivity index (χ4v) is 5.61. The third-order valence-electron chi connectivity index (χ3n) is 7.34. The highest BCUT2D eigenvalue weighted by Gasteiger charge is 2.29. The summed E-state index contributed by atoms with van der Waals surface area (Å²) in [4.78, 5) is 33.2. The van der Waals surface area contributed by atoms with Gasteiger partial charge in [-0.2, -0.15) is 0 Å². The zero-order valence-corrected chi connectivity index (χ0v) is 25.9. The molecule has 4 rings (SSSR count). The van der Waals surface area contributed by atoms with Crippen LogP contribution in [-0.2, 0) is 16.6 Å². The zero-order valence-electron chi connectivity index (χ0n) is 25.1. The molecular formula is C31H36F2N6O5S. The molecule has 0 atom stereocenters. The Kier molecular flexibility index (Phi) is 10.7. The predicted octanol–water partition coefficient (Wildman–Crippen LogP) is 5.01. The van der Waals surface area contributed by atoms with Gasteiger partial charge in [-0.25, -0.2) is 27.0 Å². The number of benzene rings is 2. The van der Waals surface area contributed by atoms with Crippen molar-refractivity contribution in [2.45, 2.75) is 38.8 Å². The largest absolute Gasteiger partial charge is 0.439 e. The number of ether oxygens (including phenoxy) is 1. The van der Waals surface area contributed by atoms with E-state index >= 15 is 0 Å². The number of hydrogen-bond acceptors (Lipinski definition) is 7. The Bertz CT molecular complexity index is 1660. The van der Waals surface area contributed by atoms with E-state index in [1.807, 2.05) is 13.0 Å². The topological polar surface area (TPSA) is 147 Å². The standard InChI is InChI=1S/C31H36F2N6O5S/c1-4-5-14-39(31(41)36-28-17-25(30(34)40)26(32)18-27(28)33)23-12-15-38(16-13-23)19-21-6-11-29(35-20(21)2)44-24-9-7-22(8-10-24)37-45(3,42)43/h4,6-11,17-18,23,37H,1,5,12-16,19H2,2-3H3,(H2,34,40)(H,36,41). The summed E-state index contributed by atoms with van der Waals surface area (Å²) in [5, 5.41) is 2.47. The minimum atomic E-state index is -3.37. The second-order valence-corrected chi connectivity index (χ2v) is 12.5. The van der Waals surface area contributed by atoms with Crippen molar-refractivity contribution in [3.8, 4) is 11.6 Å². The van der Waals surface area contributed by atoms with E-state index in [4.69, 9.17) is 10.5 Å². The molecule has 2 aromatic carbocycles. The first-order valence-electron chi connectivity index (χ1n) is 14.2. The fourth-order valence-electron chi connectivity index (χ4n) is 5.05. The number of rotatable bonds is 12. The summed E-state index contributed by atoms with van der Waals surface area (Å²) < 4.78 is 59.4. The van der Waals surface area contributed by atoms with Crippen LogP contribution in [0, 0.1) is 18.6 Å². The SMILES string of the molecule is C=CCCN(C(=O)Nc1cc(C(N)=O)c(F)cc1F)C1CCN(Cc2ccc(Oc3ccc(NS(C)(=O)=O)cc3)nc2C)CC1. The molecule has 4 N–H and O–H groups in total. The number of nitrogens with one attached hydrogen (secondary N) is 2. The predicted molar refractivity (Wildman–Crippen MR) is 168 cm³/mol. The minimum absolute atomic E-state index is 0.130. The average molecular weight is 643 g/mol. The summed E-state index contributed by atoms with van der Waals surface area (Å²) in [7, 11) is -3.37. The quantitative estimate of drug-likeness (QED) is 0.236. The van der Waals surface area contributed by atoms with Crippen LogP contribution in [0.4, 0.5) is 25.0 Å². The number of nitrogens with zero attached hydrogens (tertiary/aromatic N) is 3. The molecule has 14 heteroatoms. The normalized spacial score (nSPS) is 14.0. The van der Waals surface area contributed by atoms with Crippen LogP contribution in [0.1, 0.15) is 40.9 Å². The number of anilines is 2. The first-order valence-corrected chi connectivity index (χ1v) is 16.1. The molecule has 0 aliphatic carbocycles. The second kappa shape index (κ2) is 14.5. The molecule has 11 nitrogen and oxygen atoms in total. The monoisotopic (exact) mass is 642 g/mol. The van der Waals surface area contributed by atoms with Crippen LogP contribution in [0.5, 0.6) is 11.6 Å². The van der Waals surface area contributed by atoms with Crippen molar-refractivity contribution in [3.05, 3.63) is 89.6 Å². The maximum absolute atomic E-state index is 14.4. The number of aromatic nitrogens is 1. The summed E-state index contributed by atoms with van der Waals surface area (Å²) in [6, 6.07) is 11.0. The molecule has 0 unspecified atom stereocenters. The maximum atomic E-state index is 14.4. The Balaban J connectivity index is 1.35. The van der Waals surface area contributed by atoms with E-state index in [0.29, 0.717) is 68.8 Å². The molecule has 1 aliphatic heterocycles. The highest BCUT2D eigenvalue weighted by Crippen LogP contribution is 2.26. The molecule has 0 saturated carbocycles. The van der Waals surface area contributed by atoms with E-state index in [1.54, 1.807) is 41.3 Å². The Hall–Kier alpha value is -4.56. The first-order chi connectivity index (χ1) is 21.3. The van der Waals surface area contributed by atoms with Crippen LogP contribution in [0.2, 0.25) is 0 Å². The van der Waals surface area contributed by atoms with Gasteiger partial charge in [0, 0.05) is 55.7 Å². The number of carbonyl (C=O) groups is 2. The smallest absolute Gasteiger partial charge is 0.322 e. The van der Waals surface area contributed by atoms with Crippen LogP contribution in [-0.4, -0.2) is 67.1 Å². The number of likely N-dealkylation sites (tertiary alicyclic amines) is 1. The van der Waals surface area contributed by atoms with Crippen molar-refractivity contribution >= 4 is 33.3 Å². The number of aryl methyl sites for hydroxylation is 1. The van der Waals surface area contributed by atoms with Gasteiger partial charge >= 0.3 is 6.03 Å². The van der Waals surface area contributed by atoms with Crippen molar-refractivity contribution in [2.24, 2.45) is 5.73 Å². The minimum Gasteiger partial charge on any atom is -0.439 e. The summed E-state index contributed by atoms with van der Waals surface area (Å²) in [6.07, 6.45) is 4.62. The van der Waals surface area contributed by atoms with Crippen LogP contribution in [0.25, 0.3) is 0 Å². The Morgan fingerprint density at radius 2 is 1.82 bits per heavy atom. The van der Waals surface area contributed by atoms with E-state index in [9.17, 15) is 26.8 Å². The fraction of sp³-hybridized carbons (Fsp3) is 0.323. The molecule has 0 radical (unpaired) electrons. The lowest BCUT2D eigenvalue weighted by atomic mass is 10.0. The summed E-state index contributed by atoms with van der Waals surface area (Å²) in [5.41, 5.74) is 6.58. The van der Waals surface area contributed by atoms with Crippen molar-refractivity contribution < 1.29 is 31.5 Å². The lowest BCUT2D eigenvalue weighted by molar-refractivity contribution is 0.0996. The van der Waals surface area contributed by atoms with E-state index in [2.05, 4.69) is 26.5 Å². The molecule has 1 aromatic heterocycles. The number of pyridine rings is 1. The van der Waals surface area contributed by atoms with Crippen LogP contribution in [0.3, 0.4) is 0 Å². The van der Waals surface area contributed by atoms with Gasteiger partial charge in [-0.15, -0.1) is 6.58 Å². The highest BCUT2D eigenvalue weighted by molar-refractivity contribution is 7.92. The second-order valence-electron chi connectivity index (χ2n) is 10.8. The molecule has 3 amide bonds. The van der Waals surface area contributed by atoms with Gasteiger partial charge in [-0.1, -0.05) is 12.1 Å². The van der Waals surface area contributed by atoms with Crippen molar-refractivity contribution in [2.75, 3.05) is 35.9 Å². The summed E-state index contributed by atoms with van der Waals surface area (Å²) in [6.45, 7) is 8.03. The Morgan fingerprint density at radius 3 is 2.42 bits per heavy atom. The number of hydrogen-bond donors (Lipinski definition) is 3. The molecule has 1 aliphatic rings. The molecule has 240 valence electrons. The molecule has 3 aromatic rings. The van der Waals surface area contributed by atoms with Gasteiger partial charge in [0.25, 0.3) is 5.91 Å². The molecule has 1 fully saturated rings. The number of piperidine rings is 1. The van der Waals surface area contributed by atoms with Crippen LogP contribution < -0.4 is 20.5 Å². The lowest BCUT2D eigenvalue weighted by Gasteiger charge is -2.38. The van der Waals surface area contributed by atoms with Gasteiger partial charge in [0.2, 0.25) is 15.9 Å². The van der Waals surface area contributed by atoms with E-state index in [-0.39, 0.29) is 11.7 Å². The lowest BCUT2D eigenvalue weighted by Crippen LogP contribution is -2.49. The molecule has 0 bridgehead atoms. The molecular weight excluding hydrogens is 606 g/mol. The van der Waals surface area contributed by atoms with Crippen molar-refractivity contribution in [3.63, 3.8) is 0 Å². The van der Waals surface area contributed by atoms with Gasteiger partial charge < -0.3 is 20.7 Å². The number of urea groups is 1. The third-order valence-corrected chi connectivity index (χ3v) is 7.95. The van der Waals surface area contributed by atoms with Gasteiger partial charge in [0.15, 0.2) is 0 Å². The van der Waals surface area contributed by atoms with Gasteiger partial charge in [-0.3, -0.25) is 14.4 Å². The first kappa shape index (κ1) is 33.3. The number of amides is 3. The third kappa shape index (κ3) is 9.22. The van der Waals surface area contributed by atoms with E-state index in [0.717, 1.165) is 23.6 Å². The molecule has 1 saturated heterocycles. The number of halogens is 2. The maximum Gasteiger partial charge on any atom is 0.322 e. The molecule has 45 heavy (non-hydrogen) atoms. The number of primary amides is 1. The van der Waals surface area contributed by atoms with Crippen LogP contribution >= 0.6 is 0 Å². The van der Waals surface area contributed by atoms with Gasteiger partial charge in [-0.05, 0) is 62.1 Å². The Morgan fingerprint density at radius 1 is 1.13 bits per heavy atom. The molecule has 2 heterocycles. The zero-order chi connectivity index (χ0) is 32.7. The summed E-state index contributed by atoms with van der Waals surface area (Å²) in [5.74, 6) is -2.26. The average Bonchev–Trinajstić information content (AvgIpc) is 2.97. The van der Waals surface area contributed by atoms with E-state index in [1.165, 1.54) is 0 Å². The van der Waals surface area contributed by atoms with Gasteiger partial charge in [0.05, 0.1) is 17.5 Å². The number of sulfonamides is 1. The highest BCUT2D eigenvalue weighted by atomic mass is 32.2. The molecule has 0 spiro atoms. The van der Waals surface area contributed by atoms with Crippen LogP contribution in [0.15, 0.2) is 61.2 Å². The number of carbonyl (C=O) groups excluding carboxylic acids is 2. The van der Waals surface area contributed by atoms with Crippen molar-refractivity contribution in [1.82, 2.24) is 14.8 Å². The van der Waals surface area contributed by atoms with Gasteiger partial charge in [0.1, 0.15) is 17.4 Å².